The molecule has 3 aromatic rings. The van der Waals surface area contributed by atoms with Crippen molar-refractivity contribution in [1.29, 1.82) is 0 Å². The molecular formula is C22H27N5O2. The number of hydrogen-bond donors (Lipinski definition) is 1. The summed E-state index contributed by atoms with van der Waals surface area (Å²) in [5, 5.41) is 0.611. The maximum absolute atomic E-state index is 12.6. The smallest absolute Gasteiger partial charge is 0.258 e. The summed E-state index contributed by atoms with van der Waals surface area (Å²) in [4.78, 5) is 36.5. The second-order valence-electron chi connectivity index (χ2n) is 7.70. The number of aryl methyl sites for hydroxylation is 2. The van der Waals surface area contributed by atoms with Crippen molar-refractivity contribution in [2.24, 2.45) is 0 Å². The Labute approximate surface area is 170 Å². The first-order valence-electron chi connectivity index (χ1n) is 10.1. The van der Waals surface area contributed by atoms with Crippen LogP contribution >= 0.6 is 0 Å². The van der Waals surface area contributed by atoms with Crippen molar-refractivity contribution < 1.29 is 4.79 Å². The quantitative estimate of drug-likeness (QED) is 0.720. The van der Waals surface area contributed by atoms with E-state index >= 15 is 0 Å². The molecule has 1 aliphatic rings. The number of amides is 1. The number of rotatable bonds is 5. The van der Waals surface area contributed by atoms with E-state index < -0.39 is 0 Å². The van der Waals surface area contributed by atoms with Gasteiger partial charge in [-0.15, -0.1) is 0 Å². The predicted molar refractivity (Wildman–Crippen MR) is 113 cm³/mol. The molecule has 0 saturated carbocycles. The molecule has 0 spiro atoms. The van der Waals surface area contributed by atoms with Crippen LogP contribution in [0.2, 0.25) is 0 Å². The van der Waals surface area contributed by atoms with Crippen LogP contribution in [-0.2, 0) is 17.9 Å². The van der Waals surface area contributed by atoms with Crippen molar-refractivity contribution in [2.75, 3.05) is 26.2 Å². The number of piperazine rings is 1. The molecule has 1 N–H and O–H groups in total. The van der Waals surface area contributed by atoms with Gasteiger partial charge in [0.25, 0.3) is 5.56 Å². The highest BCUT2D eigenvalue weighted by Gasteiger charge is 2.21. The minimum Gasteiger partial charge on any atom is -0.349 e. The van der Waals surface area contributed by atoms with E-state index in [1.807, 2.05) is 23.1 Å². The number of fused-ring (bicyclic) bond motifs is 1. The van der Waals surface area contributed by atoms with E-state index in [1.54, 1.807) is 6.07 Å². The molecule has 0 unspecified atom stereocenters. The van der Waals surface area contributed by atoms with E-state index in [0.29, 0.717) is 37.3 Å². The fraction of sp³-hybridized carbons (Fsp3) is 0.409. The van der Waals surface area contributed by atoms with Gasteiger partial charge in [-0.05, 0) is 38.1 Å². The minimum atomic E-state index is -0.102. The molecule has 1 fully saturated rings. The first-order chi connectivity index (χ1) is 14.0. The molecule has 1 aliphatic heterocycles. The second kappa shape index (κ2) is 8.21. The highest BCUT2D eigenvalue weighted by molar-refractivity contribution is 5.77. The van der Waals surface area contributed by atoms with Gasteiger partial charge >= 0.3 is 0 Å². The number of nitrogens with one attached hydrogen (secondary N) is 1. The van der Waals surface area contributed by atoms with E-state index in [4.69, 9.17) is 0 Å². The lowest BCUT2D eigenvalue weighted by atomic mass is 10.2. The van der Waals surface area contributed by atoms with Gasteiger partial charge in [0.15, 0.2) is 0 Å². The molecule has 1 aromatic carbocycles. The summed E-state index contributed by atoms with van der Waals surface area (Å²) in [6.07, 6.45) is 0.524. The van der Waals surface area contributed by atoms with Gasteiger partial charge < -0.3 is 14.5 Å². The molecule has 4 rings (SSSR count). The lowest BCUT2D eigenvalue weighted by Crippen LogP contribution is -2.48. The summed E-state index contributed by atoms with van der Waals surface area (Å²) in [6.45, 7) is 8.44. The molecular weight excluding hydrogens is 366 g/mol. The number of carbonyl (C=O) groups is 1. The zero-order chi connectivity index (χ0) is 20.4. The van der Waals surface area contributed by atoms with Crippen molar-refractivity contribution >= 4 is 16.8 Å². The highest BCUT2D eigenvalue weighted by Crippen LogP contribution is 2.12. The molecule has 0 bridgehead atoms. The van der Waals surface area contributed by atoms with Crippen LogP contribution < -0.4 is 5.56 Å². The largest absolute Gasteiger partial charge is 0.349 e. The third-order valence-corrected chi connectivity index (χ3v) is 5.73. The SMILES string of the molecule is Cc1ccc(C)n1CCC(=O)N1CCN(Cc2nc3ccccc3c(=O)[nH]2)CC1. The molecule has 3 heterocycles. The molecule has 7 nitrogen and oxygen atoms in total. The fourth-order valence-electron chi connectivity index (χ4n) is 3.99. The molecule has 0 radical (unpaired) electrons. The zero-order valence-electron chi connectivity index (χ0n) is 17.0. The third kappa shape index (κ3) is 4.24. The molecule has 0 atom stereocenters. The van der Waals surface area contributed by atoms with Crippen LogP contribution in [0.25, 0.3) is 10.9 Å². The number of aromatic amines is 1. The van der Waals surface area contributed by atoms with Gasteiger partial charge in [0, 0.05) is 50.5 Å². The van der Waals surface area contributed by atoms with Crippen LogP contribution in [0.4, 0.5) is 0 Å². The zero-order valence-corrected chi connectivity index (χ0v) is 17.0. The van der Waals surface area contributed by atoms with E-state index in [2.05, 4.69) is 45.4 Å². The van der Waals surface area contributed by atoms with Crippen molar-refractivity contribution in [1.82, 2.24) is 24.3 Å². The van der Waals surface area contributed by atoms with Crippen LogP contribution in [0, 0.1) is 13.8 Å². The fourth-order valence-corrected chi connectivity index (χ4v) is 3.99. The predicted octanol–water partition coefficient (Wildman–Crippen LogP) is 2.08. The Hall–Kier alpha value is -2.93. The first kappa shape index (κ1) is 19.4. The summed E-state index contributed by atoms with van der Waals surface area (Å²) >= 11 is 0. The van der Waals surface area contributed by atoms with Gasteiger partial charge in [0.05, 0.1) is 17.4 Å². The summed E-state index contributed by atoms with van der Waals surface area (Å²) in [6, 6.07) is 11.5. The molecule has 1 amide bonds. The Kier molecular flexibility index (Phi) is 5.49. The minimum absolute atomic E-state index is 0.102. The number of benzene rings is 1. The number of carbonyl (C=O) groups excluding carboxylic acids is 1. The van der Waals surface area contributed by atoms with Crippen LogP contribution in [0.3, 0.4) is 0 Å². The lowest BCUT2D eigenvalue weighted by molar-refractivity contribution is -0.133. The normalized spacial score (nSPS) is 15.2. The number of nitrogens with zero attached hydrogens (tertiary/aromatic N) is 4. The van der Waals surface area contributed by atoms with Crippen LogP contribution in [0.15, 0.2) is 41.2 Å². The third-order valence-electron chi connectivity index (χ3n) is 5.73. The van der Waals surface area contributed by atoms with Gasteiger partial charge in [0.2, 0.25) is 5.91 Å². The first-order valence-corrected chi connectivity index (χ1v) is 10.1. The van der Waals surface area contributed by atoms with Crippen molar-refractivity contribution in [3.8, 4) is 0 Å². The summed E-state index contributed by atoms with van der Waals surface area (Å²) in [5.74, 6) is 0.876. The number of aromatic nitrogens is 3. The van der Waals surface area contributed by atoms with Gasteiger partial charge in [-0.3, -0.25) is 14.5 Å². The average molecular weight is 393 g/mol. The molecule has 152 valence electrons. The Bertz CT molecular complexity index is 1060. The number of H-pyrrole nitrogens is 1. The van der Waals surface area contributed by atoms with Crippen molar-refractivity contribution in [3.05, 3.63) is 64.0 Å². The molecule has 29 heavy (non-hydrogen) atoms. The number of para-hydroxylation sites is 1. The Morgan fingerprint density at radius 2 is 1.72 bits per heavy atom. The van der Waals surface area contributed by atoms with Gasteiger partial charge in [-0.1, -0.05) is 12.1 Å². The maximum Gasteiger partial charge on any atom is 0.258 e. The summed E-state index contributed by atoms with van der Waals surface area (Å²) in [7, 11) is 0. The van der Waals surface area contributed by atoms with Crippen LogP contribution in [-0.4, -0.2) is 56.4 Å². The topological polar surface area (TPSA) is 74.2 Å². The molecule has 7 heteroatoms. The molecule has 0 aliphatic carbocycles. The van der Waals surface area contributed by atoms with Gasteiger partial charge in [-0.2, -0.15) is 0 Å². The van der Waals surface area contributed by atoms with E-state index in [9.17, 15) is 9.59 Å². The summed E-state index contributed by atoms with van der Waals surface area (Å²) < 4.78 is 2.19. The van der Waals surface area contributed by atoms with E-state index in [-0.39, 0.29) is 11.5 Å². The average Bonchev–Trinajstić information content (AvgIpc) is 3.04. The highest BCUT2D eigenvalue weighted by atomic mass is 16.2. The van der Waals surface area contributed by atoms with Crippen molar-refractivity contribution in [2.45, 2.75) is 33.4 Å². The van der Waals surface area contributed by atoms with Gasteiger partial charge in [0.1, 0.15) is 5.82 Å². The van der Waals surface area contributed by atoms with E-state index in [1.165, 1.54) is 11.4 Å². The maximum atomic E-state index is 12.6. The Balaban J connectivity index is 1.31. The van der Waals surface area contributed by atoms with Gasteiger partial charge in [-0.25, -0.2) is 4.98 Å². The lowest BCUT2D eigenvalue weighted by Gasteiger charge is -2.34. The second-order valence-corrected chi connectivity index (χ2v) is 7.70. The standard InChI is InChI=1S/C22H27N5O2/c1-16-7-8-17(2)27(16)10-9-21(28)26-13-11-25(12-14-26)15-20-23-19-6-4-3-5-18(19)22(29)24-20/h3-8H,9-15H2,1-2H3,(H,23,24,29). The number of hydrogen-bond acceptors (Lipinski definition) is 4. The molecule has 1 saturated heterocycles. The Morgan fingerprint density at radius 1 is 1.03 bits per heavy atom. The van der Waals surface area contributed by atoms with Crippen molar-refractivity contribution in [3.63, 3.8) is 0 Å². The summed E-state index contributed by atoms with van der Waals surface area (Å²) in [5.41, 5.74) is 3.00. The monoisotopic (exact) mass is 393 g/mol. The van der Waals surface area contributed by atoms with Crippen LogP contribution in [0.1, 0.15) is 23.6 Å². The Morgan fingerprint density at radius 3 is 2.45 bits per heavy atom. The van der Waals surface area contributed by atoms with Crippen LogP contribution in [0.5, 0.6) is 0 Å². The molecule has 2 aromatic heterocycles. The van der Waals surface area contributed by atoms with E-state index in [0.717, 1.165) is 25.2 Å².